The predicted octanol–water partition coefficient (Wildman–Crippen LogP) is 1.28. The van der Waals surface area contributed by atoms with Gasteiger partial charge in [0.25, 0.3) is 0 Å². The van der Waals surface area contributed by atoms with E-state index in [0.717, 1.165) is 24.0 Å². The van der Waals surface area contributed by atoms with E-state index in [1.807, 2.05) is 31.2 Å². The van der Waals surface area contributed by atoms with Gasteiger partial charge in [0.15, 0.2) is 0 Å². The highest BCUT2D eigenvalue weighted by Crippen LogP contribution is 2.30. The third-order valence-corrected chi connectivity index (χ3v) is 4.96. The van der Waals surface area contributed by atoms with Crippen molar-refractivity contribution >= 4 is 10.0 Å². The van der Waals surface area contributed by atoms with Gasteiger partial charge in [-0.15, -0.1) is 0 Å². The zero-order valence-electron chi connectivity index (χ0n) is 10.5. The van der Waals surface area contributed by atoms with Gasteiger partial charge in [-0.3, -0.25) is 0 Å². The Hall–Kier alpha value is -0.910. The van der Waals surface area contributed by atoms with Crippen molar-refractivity contribution in [3.8, 4) is 0 Å². The second-order valence-electron chi connectivity index (χ2n) is 4.81. The van der Waals surface area contributed by atoms with Gasteiger partial charge in [-0.1, -0.05) is 29.8 Å². The zero-order chi connectivity index (χ0) is 13.2. The standard InChI is InChI=1S/C13H19NO3S/c1-11-3-2-4-12(9-11)10-18(16,17)14(7-8-15)13-5-6-13/h2-4,9,13,15H,5-8,10H2,1H3. The molecule has 0 bridgehead atoms. The van der Waals surface area contributed by atoms with Gasteiger partial charge in [0.05, 0.1) is 12.4 Å². The summed E-state index contributed by atoms with van der Waals surface area (Å²) >= 11 is 0. The van der Waals surface area contributed by atoms with Crippen molar-refractivity contribution in [1.29, 1.82) is 0 Å². The molecule has 1 N–H and O–H groups in total. The molecule has 0 atom stereocenters. The summed E-state index contributed by atoms with van der Waals surface area (Å²) in [5, 5.41) is 8.98. The minimum Gasteiger partial charge on any atom is -0.395 e. The van der Waals surface area contributed by atoms with Gasteiger partial charge in [-0.05, 0) is 25.3 Å². The SMILES string of the molecule is Cc1cccc(CS(=O)(=O)N(CCO)C2CC2)c1. The maximum Gasteiger partial charge on any atom is 0.218 e. The third kappa shape index (κ3) is 3.31. The number of rotatable bonds is 6. The van der Waals surface area contributed by atoms with Gasteiger partial charge in [0, 0.05) is 12.6 Å². The van der Waals surface area contributed by atoms with Crippen LogP contribution < -0.4 is 0 Å². The van der Waals surface area contributed by atoms with Gasteiger partial charge < -0.3 is 5.11 Å². The van der Waals surface area contributed by atoms with E-state index in [9.17, 15) is 8.42 Å². The molecule has 5 heteroatoms. The van der Waals surface area contributed by atoms with E-state index < -0.39 is 10.0 Å². The molecule has 0 aromatic heterocycles. The van der Waals surface area contributed by atoms with Crippen LogP contribution in [-0.2, 0) is 15.8 Å². The molecule has 1 aromatic carbocycles. The lowest BCUT2D eigenvalue weighted by atomic mass is 10.2. The Labute approximate surface area is 108 Å². The molecule has 1 fully saturated rings. The Balaban J connectivity index is 2.14. The Morgan fingerprint density at radius 3 is 2.67 bits per heavy atom. The summed E-state index contributed by atoms with van der Waals surface area (Å²) in [6, 6.07) is 7.64. The minimum absolute atomic E-state index is 0.0190. The average molecular weight is 269 g/mol. The van der Waals surface area contributed by atoms with E-state index in [1.54, 1.807) is 0 Å². The molecule has 0 unspecified atom stereocenters. The molecule has 0 radical (unpaired) electrons. The van der Waals surface area contributed by atoms with Crippen molar-refractivity contribution in [3.05, 3.63) is 35.4 Å². The van der Waals surface area contributed by atoms with Crippen molar-refractivity contribution < 1.29 is 13.5 Å². The topological polar surface area (TPSA) is 57.6 Å². The van der Waals surface area contributed by atoms with Crippen LogP contribution in [0.25, 0.3) is 0 Å². The van der Waals surface area contributed by atoms with E-state index >= 15 is 0 Å². The quantitative estimate of drug-likeness (QED) is 0.846. The predicted molar refractivity (Wildman–Crippen MR) is 70.6 cm³/mol. The molecule has 0 spiro atoms. The molecule has 4 nitrogen and oxygen atoms in total. The molecule has 1 aliphatic rings. The van der Waals surface area contributed by atoms with Crippen molar-refractivity contribution in [3.63, 3.8) is 0 Å². The third-order valence-electron chi connectivity index (χ3n) is 3.06. The van der Waals surface area contributed by atoms with Gasteiger partial charge >= 0.3 is 0 Å². The molecular weight excluding hydrogens is 250 g/mol. The van der Waals surface area contributed by atoms with E-state index in [-0.39, 0.29) is 24.9 Å². The van der Waals surface area contributed by atoms with Crippen molar-refractivity contribution in [1.82, 2.24) is 4.31 Å². The number of aliphatic hydroxyl groups excluding tert-OH is 1. The lowest BCUT2D eigenvalue weighted by molar-refractivity contribution is 0.250. The molecule has 0 aliphatic heterocycles. The summed E-state index contributed by atoms with van der Waals surface area (Å²) in [4.78, 5) is 0. The van der Waals surface area contributed by atoms with Gasteiger partial charge in [0.1, 0.15) is 0 Å². The number of hydrogen-bond donors (Lipinski definition) is 1. The fraction of sp³-hybridized carbons (Fsp3) is 0.538. The van der Waals surface area contributed by atoms with Crippen LogP contribution in [0.3, 0.4) is 0 Å². The average Bonchev–Trinajstić information content (AvgIpc) is 3.08. The lowest BCUT2D eigenvalue weighted by Crippen LogP contribution is -2.36. The first-order chi connectivity index (χ1) is 8.53. The summed E-state index contributed by atoms with van der Waals surface area (Å²) in [6.45, 7) is 2.03. The highest BCUT2D eigenvalue weighted by atomic mass is 32.2. The minimum atomic E-state index is -3.32. The van der Waals surface area contributed by atoms with Crippen molar-refractivity contribution in [2.45, 2.75) is 31.6 Å². The second-order valence-corrected chi connectivity index (χ2v) is 6.73. The fourth-order valence-corrected chi connectivity index (χ4v) is 3.90. The molecule has 0 heterocycles. The normalized spacial score (nSPS) is 16.2. The summed E-state index contributed by atoms with van der Waals surface area (Å²) in [5.74, 6) is 0.0190. The van der Waals surface area contributed by atoms with Crippen LogP contribution in [0.2, 0.25) is 0 Å². The monoisotopic (exact) mass is 269 g/mol. The highest BCUT2D eigenvalue weighted by Gasteiger charge is 2.36. The number of nitrogens with zero attached hydrogens (tertiary/aromatic N) is 1. The lowest BCUT2D eigenvalue weighted by Gasteiger charge is -2.20. The van der Waals surface area contributed by atoms with Crippen LogP contribution >= 0.6 is 0 Å². The molecular formula is C13H19NO3S. The van der Waals surface area contributed by atoms with Crippen molar-refractivity contribution in [2.24, 2.45) is 0 Å². The van der Waals surface area contributed by atoms with E-state index in [0.29, 0.717) is 0 Å². The van der Waals surface area contributed by atoms with Gasteiger partial charge in [-0.2, -0.15) is 4.31 Å². The number of aliphatic hydroxyl groups is 1. The maximum atomic E-state index is 12.3. The number of sulfonamides is 1. The zero-order valence-corrected chi connectivity index (χ0v) is 11.4. The fourth-order valence-electron chi connectivity index (χ4n) is 2.11. The summed E-state index contributed by atoms with van der Waals surface area (Å²) in [5.41, 5.74) is 1.86. The maximum absolute atomic E-state index is 12.3. The molecule has 2 rings (SSSR count). The Morgan fingerprint density at radius 2 is 2.11 bits per heavy atom. The van der Waals surface area contributed by atoms with Crippen LogP contribution in [0, 0.1) is 6.92 Å². The molecule has 1 aliphatic carbocycles. The molecule has 1 saturated carbocycles. The Morgan fingerprint density at radius 1 is 1.39 bits per heavy atom. The molecule has 0 saturated heterocycles. The van der Waals surface area contributed by atoms with Crippen LogP contribution in [0.1, 0.15) is 24.0 Å². The van der Waals surface area contributed by atoms with Crippen molar-refractivity contribution in [2.75, 3.05) is 13.2 Å². The number of benzene rings is 1. The van der Waals surface area contributed by atoms with E-state index in [2.05, 4.69) is 0 Å². The largest absolute Gasteiger partial charge is 0.395 e. The van der Waals surface area contributed by atoms with Crippen LogP contribution in [0.4, 0.5) is 0 Å². The summed E-state index contributed by atoms with van der Waals surface area (Å²) in [7, 11) is -3.32. The number of aryl methyl sites for hydroxylation is 1. The van der Waals surface area contributed by atoms with Gasteiger partial charge in [0.2, 0.25) is 10.0 Å². The first-order valence-corrected chi connectivity index (χ1v) is 7.80. The van der Waals surface area contributed by atoms with Crippen LogP contribution in [-0.4, -0.2) is 37.0 Å². The Bertz CT molecular complexity index is 509. The molecule has 100 valence electrons. The Kier molecular flexibility index (Phi) is 4.04. The first kappa shape index (κ1) is 13.5. The summed E-state index contributed by atoms with van der Waals surface area (Å²) < 4.78 is 26.0. The van der Waals surface area contributed by atoms with Gasteiger partial charge in [-0.25, -0.2) is 8.42 Å². The molecule has 1 aromatic rings. The highest BCUT2D eigenvalue weighted by molar-refractivity contribution is 7.88. The molecule has 18 heavy (non-hydrogen) atoms. The second kappa shape index (κ2) is 5.38. The van der Waals surface area contributed by atoms with Crippen LogP contribution in [0.15, 0.2) is 24.3 Å². The molecule has 0 amide bonds. The number of hydrogen-bond acceptors (Lipinski definition) is 3. The smallest absolute Gasteiger partial charge is 0.218 e. The summed E-state index contributed by atoms with van der Waals surface area (Å²) in [6.07, 6.45) is 1.82. The van der Waals surface area contributed by atoms with E-state index in [4.69, 9.17) is 5.11 Å². The van der Waals surface area contributed by atoms with E-state index in [1.165, 1.54) is 4.31 Å². The van der Waals surface area contributed by atoms with Crippen LogP contribution in [0.5, 0.6) is 0 Å². The first-order valence-electron chi connectivity index (χ1n) is 6.19.